The lowest BCUT2D eigenvalue weighted by Gasteiger charge is -2.24. The third-order valence-electron chi connectivity index (χ3n) is 2.27. The molecule has 7 heteroatoms. The monoisotopic (exact) mass is 251 g/mol. The number of hydrogen-bond donors (Lipinski definition) is 1. The summed E-state index contributed by atoms with van der Waals surface area (Å²) in [5.41, 5.74) is 0. The van der Waals surface area contributed by atoms with Crippen LogP contribution in [0.1, 0.15) is 6.42 Å². The van der Waals surface area contributed by atoms with Gasteiger partial charge >= 0.3 is 14.8 Å². The van der Waals surface area contributed by atoms with E-state index in [4.69, 9.17) is 13.3 Å². The minimum absolute atomic E-state index is 0.220. The molecule has 6 nitrogen and oxygen atoms in total. The molecule has 0 heterocycles. The maximum absolute atomic E-state index is 10.8. The molecule has 0 aliphatic heterocycles. The summed E-state index contributed by atoms with van der Waals surface area (Å²) >= 11 is 0. The van der Waals surface area contributed by atoms with Crippen LogP contribution < -0.4 is 5.32 Å². The molecule has 0 saturated heterocycles. The molecule has 0 rings (SSSR count). The lowest BCUT2D eigenvalue weighted by atomic mass is 10.5. The second-order valence-electron chi connectivity index (χ2n) is 3.15. The van der Waals surface area contributed by atoms with Crippen molar-refractivity contribution in [3.8, 4) is 0 Å². The predicted molar refractivity (Wildman–Crippen MR) is 61.1 cm³/mol. The summed E-state index contributed by atoms with van der Waals surface area (Å²) in [4.78, 5) is 10.8. The highest BCUT2D eigenvalue weighted by Gasteiger charge is 2.36. The van der Waals surface area contributed by atoms with Crippen LogP contribution in [0.25, 0.3) is 0 Å². The van der Waals surface area contributed by atoms with Crippen LogP contribution in [0.3, 0.4) is 0 Å². The van der Waals surface area contributed by atoms with Gasteiger partial charge in [-0.25, -0.2) is 0 Å². The molecular weight excluding hydrogens is 230 g/mol. The summed E-state index contributed by atoms with van der Waals surface area (Å²) < 4.78 is 20.3. The van der Waals surface area contributed by atoms with Gasteiger partial charge in [-0.2, -0.15) is 0 Å². The first-order valence-corrected chi connectivity index (χ1v) is 7.00. The molecule has 0 radical (unpaired) electrons. The molecular formula is C9H21NO5Si. The quantitative estimate of drug-likeness (QED) is 0.354. The zero-order chi connectivity index (χ0) is 12.4. The summed E-state index contributed by atoms with van der Waals surface area (Å²) in [5.74, 6) is -0.270. The van der Waals surface area contributed by atoms with Gasteiger partial charge in [0, 0.05) is 27.4 Å². The third-order valence-corrected chi connectivity index (χ3v) is 5.10. The number of rotatable bonds is 9. The van der Waals surface area contributed by atoms with E-state index in [2.05, 4.69) is 10.1 Å². The largest absolute Gasteiger partial charge is 0.500 e. The number of esters is 1. The maximum Gasteiger partial charge on any atom is 0.500 e. The summed E-state index contributed by atoms with van der Waals surface area (Å²) in [7, 11) is 3.66. The SMILES string of the molecule is COC(=O)CNCCC[Si](OC)(OC)OC. The highest BCUT2D eigenvalue weighted by atomic mass is 28.4. The van der Waals surface area contributed by atoms with Crippen molar-refractivity contribution in [2.75, 3.05) is 41.5 Å². The lowest BCUT2D eigenvalue weighted by Crippen LogP contribution is -2.43. The average molecular weight is 251 g/mol. The van der Waals surface area contributed by atoms with Crippen LogP contribution in [0.2, 0.25) is 6.04 Å². The van der Waals surface area contributed by atoms with Gasteiger partial charge in [0.15, 0.2) is 0 Å². The Morgan fingerprint density at radius 2 is 1.69 bits per heavy atom. The van der Waals surface area contributed by atoms with E-state index in [1.807, 2.05) is 0 Å². The van der Waals surface area contributed by atoms with E-state index in [-0.39, 0.29) is 12.5 Å². The number of carbonyl (C=O) groups is 1. The van der Waals surface area contributed by atoms with Gasteiger partial charge in [-0.1, -0.05) is 0 Å². The Morgan fingerprint density at radius 3 is 2.12 bits per heavy atom. The molecule has 0 aromatic rings. The summed E-state index contributed by atoms with van der Waals surface area (Å²) in [5, 5.41) is 2.96. The smallest absolute Gasteiger partial charge is 0.468 e. The maximum atomic E-state index is 10.8. The first-order valence-electron chi connectivity index (χ1n) is 5.07. The highest BCUT2D eigenvalue weighted by molar-refractivity contribution is 6.60. The standard InChI is InChI=1S/C9H21NO5Si/c1-12-9(11)8-10-6-5-7-16(13-2,14-3)15-4/h10H,5-8H2,1-4H3. The Kier molecular flexibility index (Phi) is 8.40. The molecule has 0 fully saturated rings. The number of methoxy groups -OCH3 is 1. The van der Waals surface area contributed by atoms with E-state index in [1.54, 1.807) is 21.3 Å². The third kappa shape index (κ3) is 5.57. The van der Waals surface area contributed by atoms with Crippen molar-refractivity contribution < 1.29 is 22.8 Å². The lowest BCUT2D eigenvalue weighted by molar-refractivity contribution is -0.139. The van der Waals surface area contributed by atoms with Crippen LogP contribution in [0.4, 0.5) is 0 Å². The van der Waals surface area contributed by atoms with Gasteiger partial charge < -0.3 is 23.3 Å². The predicted octanol–water partition coefficient (Wildman–Crippen LogP) is 0.0172. The van der Waals surface area contributed by atoms with E-state index in [1.165, 1.54) is 7.11 Å². The molecule has 16 heavy (non-hydrogen) atoms. The van der Waals surface area contributed by atoms with E-state index >= 15 is 0 Å². The average Bonchev–Trinajstić information content (AvgIpc) is 2.34. The van der Waals surface area contributed by atoms with Gasteiger partial charge in [-0.05, 0) is 13.0 Å². The van der Waals surface area contributed by atoms with E-state index < -0.39 is 8.80 Å². The minimum atomic E-state index is -2.46. The van der Waals surface area contributed by atoms with Gasteiger partial charge in [0.2, 0.25) is 0 Å². The zero-order valence-electron chi connectivity index (χ0n) is 10.4. The van der Waals surface area contributed by atoms with Crippen LogP contribution in [0.15, 0.2) is 0 Å². The normalized spacial score (nSPS) is 11.5. The van der Waals surface area contributed by atoms with Crippen LogP contribution in [-0.4, -0.2) is 56.3 Å². The van der Waals surface area contributed by atoms with Crippen molar-refractivity contribution in [2.24, 2.45) is 0 Å². The molecule has 0 saturated carbocycles. The number of nitrogens with one attached hydrogen (secondary N) is 1. The Hall–Kier alpha value is -0.473. The fraction of sp³-hybridized carbons (Fsp3) is 0.889. The number of ether oxygens (including phenoxy) is 1. The van der Waals surface area contributed by atoms with Gasteiger partial charge in [-0.15, -0.1) is 0 Å². The van der Waals surface area contributed by atoms with Crippen LogP contribution >= 0.6 is 0 Å². The Labute approximate surface area is 97.6 Å². The molecule has 0 aliphatic rings. The molecule has 0 aliphatic carbocycles. The summed E-state index contributed by atoms with van der Waals surface area (Å²) in [6, 6.07) is 0.713. The Morgan fingerprint density at radius 1 is 1.12 bits per heavy atom. The topological polar surface area (TPSA) is 66.0 Å². The molecule has 0 aromatic carbocycles. The first kappa shape index (κ1) is 15.5. The molecule has 0 atom stereocenters. The van der Waals surface area contributed by atoms with Crippen molar-refractivity contribution in [3.05, 3.63) is 0 Å². The highest BCUT2D eigenvalue weighted by Crippen LogP contribution is 2.14. The summed E-state index contributed by atoms with van der Waals surface area (Å²) in [6.07, 6.45) is 0.818. The van der Waals surface area contributed by atoms with Gasteiger partial charge in [-0.3, -0.25) is 4.79 Å². The van der Waals surface area contributed by atoms with Crippen molar-refractivity contribution in [1.82, 2.24) is 5.32 Å². The van der Waals surface area contributed by atoms with Crippen molar-refractivity contribution in [3.63, 3.8) is 0 Å². The molecule has 0 aromatic heterocycles. The van der Waals surface area contributed by atoms with Gasteiger partial charge in [0.1, 0.15) is 0 Å². The van der Waals surface area contributed by atoms with Gasteiger partial charge in [0.05, 0.1) is 13.7 Å². The molecule has 0 amide bonds. The first-order chi connectivity index (χ1) is 7.64. The number of hydrogen-bond acceptors (Lipinski definition) is 6. The second kappa shape index (κ2) is 8.65. The molecule has 1 N–H and O–H groups in total. The second-order valence-corrected chi connectivity index (χ2v) is 6.24. The van der Waals surface area contributed by atoms with Crippen LogP contribution in [0.5, 0.6) is 0 Å². The minimum Gasteiger partial charge on any atom is -0.468 e. The Bertz CT molecular complexity index is 190. The molecule has 0 spiro atoms. The van der Waals surface area contributed by atoms with E-state index in [9.17, 15) is 4.79 Å². The molecule has 0 unspecified atom stereocenters. The van der Waals surface area contributed by atoms with Crippen LogP contribution in [-0.2, 0) is 22.8 Å². The van der Waals surface area contributed by atoms with Crippen molar-refractivity contribution in [2.45, 2.75) is 12.5 Å². The van der Waals surface area contributed by atoms with E-state index in [0.29, 0.717) is 12.6 Å². The van der Waals surface area contributed by atoms with Crippen molar-refractivity contribution in [1.29, 1.82) is 0 Å². The fourth-order valence-corrected chi connectivity index (χ4v) is 2.97. The summed E-state index contributed by atoms with van der Waals surface area (Å²) in [6.45, 7) is 0.915. The van der Waals surface area contributed by atoms with Crippen molar-refractivity contribution >= 4 is 14.8 Å². The Balaban J connectivity index is 3.67. The molecule has 96 valence electrons. The zero-order valence-corrected chi connectivity index (χ0v) is 11.4. The fourth-order valence-electron chi connectivity index (χ4n) is 1.25. The number of carbonyl (C=O) groups excluding carboxylic acids is 1. The molecule has 0 bridgehead atoms. The van der Waals surface area contributed by atoms with E-state index in [0.717, 1.165) is 6.42 Å². The van der Waals surface area contributed by atoms with Crippen LogP contribution in [0, 0.1) is 0 Å². The van der Waals surface area contributed by atoms with Gasteiger partial charge in [0.25, 0.3) is 0 Å².